The van der Waals surface area contributed by atoms with Crippen molar-refractivity contribution in [3.05, 3.63) is 81.6 Å². The number of halogens is 1. The molecule has 2 heterocycles. The first-order valence-corrected chi connectivity index (χ1v) is 7.90. The molecule has 0 aliphatic carbocycles. The summed E-state index contributed by atoms with van der Waals surface area (Å²) < 4.78 is 15.5. The molecule has 0 bridgehead atoms. The van der Waals surface area contributed by atoms with E-state index < -0.39 is 0 Å². The molecule has 6 heteroatoms. The number of hydrogen-bond donors (Lipinski definition) is 0. The highest BCUT2D eigenvalue weighted by atomic mass is 32.1. The van der Waals surface area contributed by atoms with Crippen molar-refractivity contribution in [2.75, 3.05) is 0 Å². The van der Waals surface area contributed by atoms with Gasteiger partial charge in [-0.15, -0.1) is 11.3 Å². The molecule has 0 aliphatic heterocycles. The maximum Gasteiger partial charge on any atom is 0.281 e. The van der Waals surface area contributed by atoms with Crippen LogP contribution < -0.4 is 4.80 Å². The van der Waals surface area contributed by atoms with Crippen molar-refractivity contribution in [2.45, 2.75) is 13.5 Å². The molecule has 0 spiro atoms. The van der Waals surface area contributed by atoms with Crippen LogP contribution in [-0.4, -0.2) is 15.5 Å². The van der Waals surface area contributed by atoms with Crippen molar-refractivity contribution in [3.8, 4) is 0 Å². The Morgan fingerprint density at radius 2 is 2.13 bits per heavy atom. The molecular formula is C17H14FN3OS. The van der Waals surface area contributed by atoms with Crippen LogP contribution in [0.5, 0.6) is 0 Å². The average molecular weight is 327 g/mol. The first-order valence-electron chi connectivity index (χ1n) is 7.02. The minimum absolute atomic E-state index is 0.272. The van der Waals surface area contributed by atoms with E-state index in [1.54, 1.807) is 41.1 Å². The molecule has 0 aliphatic rings. The van der Waals surface area contributed by atoms with Crippen LogP contribution in [0.3, 0.4) is 0 Å². The quantitative estimate of drug-likeness (QED) is 0.742. The van der Waals surface area contributed by atoms with E-state index in [0.717, 1.165) is 5.69 Å². The van der Waals surface area contributed by atoms with E-state index >= 15 is 0 Å². The molecule has 2 aromatic heterocycles. The fourth-order valence-electron chi connectivity index (χ4n) is 2.06. The lowest BCUT2D eigenvalue weighted by atomic mass is 10.2. The Morgan fingerprint density at radius 1 is 1.30 bits per heavy atom. The van der Waals surface area contributed by atoms with Crippen LogP contribution >= 0.6 is 11.3 Å². The van der Waals surface area contributed by atoms with Gasteiger partial charge in [-0.2, -0.15) is 4.99 Å². The van der Waals surface area contributed by atoms with Gasteiger partial charge in [0, 0.05) is 29.0 Å². The number of thiazole rings is 1. The third-order valence-corrected chi connectivity index (χ3v) is 4.11. The van der Waals surface area contributed by atoms with Crippen molar-refractivity contribution in [1.29, 1.82) is 0 Å². The fourth-order valence-corrected chi connectivity index (χ4v) is 2.79. The maximum atomic E-state index is 13.8. The number of nitrogens with zero attached hydrogens (tertiary/aromatic N) is 3. The number of carbonyl (C=O) groups excluding carboxylic acids is 1. The van der Waals surface area contributed by atoms with Crippen LogP contribution in [0.2, 0.25) is 0 Å². The zero-order valence-electron chi connectivity index (χ0n) is 12.4. The van der Waals surface area contributed by atoms with Gasteiger partial charge in [0.2, 0.25) is 0 Å². The van der Waals surface area contributed by atoms with Crippen LogP contribution in [0.1, 0.15) is 21.6 Å². The van der Waals surface area contributed by atoms with Crippen molar-refractivity contribution in [3.63, 3.8) is 0 Å². The number of benzene rings is 1. The summed E-state index contributed by atoms with van der Waals surface area (Å²) in [7, 11) is 0. The Labute approximate surface area is 136 Å². The van der Waals surface area contributed by atoms with Crippen LogP contribution in [0.25, 0.3) is 0 Å². The number of aryl methyl sites for hydroxylation is 1. The average Bonchev–Trinajstić information content (AvgIpc) is 2.97. The smallest absolute Gasteiger partial charge is 0.281 e. The summed E-state index contributed by atoms with van der Waals surface area (Å²) in [5.74, 6) is -0.631. The summed E-state index contributed by atoms with van der Waals surface area (Å²) in [6.45, 7) is 2.18. The van der Waals surface area contributed by atoms with E-state index in [0.29, 0.717) is 22.5 Å². The predicted octanol–water partition coefficient (Wildman–Crippen LogP) is 3.18. The molecule has 0 atom stereocenters. The topological polar surface area (TPSA) is 47.2 Å². The molecule has 0 saturated heterocycles. The lowest BCUT2D eigenvalue weighted by Gasteiger charge is -2.04. The summed E-state index contributed by atoms with van der Waals surface area (Å²) in [6.07, 6.45) is 3.30. The molecule has 0 unspecified atom stereocenters. The largest absolute Gasteiger partial charge is 0.319 e. The molecule has 0 fully saturated rings. The van der Waals surface area contributed by atoms with Crippen LogP contribution in [-0.2, 0) is 6.54 Å². The lowest BCUT2D eigenvalue weighted by Crippen LogP contribution is -2.17. The third kappa shape index (κ3) is 3.60. The second-order valence-electron chi connectivity index (χ2n) is 5.01. The number of amides is 1. The van der Waals surface area contributed by atoms with Crippen molar-refractivity contribution in [2.24, 2.45) is 4.99 Å². The monoisotopic (exact) mass is 327 g/mol. The molecule has 3 aromatic rings. The highest BCUT2D eigenvalue weighted by molar-refractivity contribution is 7.07. The Kier molecular flexibility index (Phi) is 4.43. The molecule has 116 valence electrons. The maximum absolute atomic E-state index is 13.8. The van der Waals surface area contributed by atoms with Gasteiger partial charge < -0.3 is 4.57 Å². The molecular weight excluding hydrogens is 313 g/mol. The first-order chi connectivity index (χ1) is 11.1. The van der Waals surface area contributed by atoms with Crippen molar-refractivity contribution >= 4 is 17.2 Å². The summed E-state index contributed by atoms with van der Waals surface area (Å²) in [5, 5.41) is 1.82. The van der Waals surface area contributed by atoms with Gasteiger partial charge >= 0.3 is 0 Å². The molecule has 4 nitrogen and oxygen atoms in total. The van der Waals surface area contributed by atoms with E-state index in [9.17, 15) is 9.18 Å². The van der Waals surface area contributed by atoms with Crippen LogP contribution in [0, 0.1) is 12.7 Å². The molecule has 0 radical (unpaired) electrons. The second-order valence-corrected chi connectivity index (χ2v) is 5.88. The van der Waals surface area contributed by atoms with Gasteiger partial charge in [0.05, 0.1) is 12.1 Å². The number of aromatic nitrogens is 2. The summed E-state index contributed by atoms with van der Waals surface area (Å²) >= 11 is 1.33. The van der Waals surface area contributed by atoms with E-state index in [4.69, 9.17) is 0 Å². The van der Waals surface area contributed by atoms with Gasteiger partial charge in [-0.25, -0.2) is 4.39 Å². The summed E-state index contributed by atoms with van der Waals surface area (Å²) in [4.78, 5) is 21.0. The van der Waals surface area contributed by atoms with E-state index in [1.807, 2.05) is 12.3 Å². The van der Waals surface area contributed by atoms with Crippen molar-refractivity contribution in [1.82, 2.24) is 9.55 Å². The Morgan fingerprint density at radius 3 is 2.87 bits per heavy atom. The minimum atomic E-state index is -0.359. The van der Waals surface area contributed by atoms with Gasteiger partial charge in [-0.3, -0.25) is 9.78 Å². The second kappa shape index (κ2) is 6.66. The summed E-state index contributed by atoms with van der Waals surface area (Å²) in [6, 6.07) is 10.0. The number of hydrogen-bond acceptors (Lipinski definition) is 3. The number of pyridine rings is 1. The lowest BCUT2D eigenvalue weighted by molar-refractivity contribution is 0.0997. The van der Waals surface area contributed by atoms with Gasteiger partial charge in [0.1, 0.15) is 5.82 Å². The van der Waals surface area contributed by atoms with Gasteiger partial charge in [0.25, 0.3) is 5.91 Å². The Balaban J connectivity index is 1.90. The zero-order valence-corrected chi connectivity index (χ0v) is 13.3. The summed E-state index contributed by atoms with van der Waals surface area (Å²) in [5.41, 5.74) is 1.82. The Bertz CT molecular complexity index is 896. The number of carbonyl (C=O) groups is 1. The molecule has 0 N–H and O–H groups in total. The van der Waals surface area contributed by atoms with Gasteiger partial charge in [-0.1, -0.05) is 18.2 Å². The van der Waals surface area contributed by atoms with E-state index in [2.05, 4.69) is 9.98 Å². The minimum Gasteiger partial charge on any atom is -0.319 e. The Hall–Kier alpha value is -2.60. The molecule has 3 rings (SSSR count). The van der Waals surface area contributed by atoms with Crippen LogP contribution in [0.15, 0.2) is 59.2 Å². The fraction of sp³-hybridized carbons (Fsp3) is 0.118. The standard InChI is InChI=1S/C17H14FN3OS/c1-12-6-7-13(10-19-12)16(22)20-17-21(8-9-23-17)11-14-4-2-3-5-15(14)18/h2-10H,11H2,1H3. The molecule has 23 heavy (non-hydrogen) atoms. The highest BCUT2D eigenvalue weighted by Gasteiger charge is 2.07. The number of rotatable bonds is 3. The molecule has 0 saturated carbocycles. The van der Waals surface area contributed by atoms with Crippen molar-refractivity contribution < 1.29 is 9.18 Å². The highest BCUT2D eigenvalue weighted by Crippen LogP contribution is 2.08. The van der Waals surface area contributed by atoms with Gasteiger partial charge in [-0.05, 0) is 25.1 Å². The van der Waals surface area contributed by atoms with E-state index in [1.165, 1.54) is 23.6 Å². The zero-order chi connectivity index (χ0) is 16.2. The molecule has 1 amide bonds. The van der Waals surface area contributed by atoms with Gasteiger partial charge in [0.15, 0.2) is 4.80 Å². The first kappa shape index (κ1) is 15.3. The van der Waals surface area contributed by atoms with E-state index in [-0.39, 0.29) is 11.7 Å². The molecule has 1 aromatic carbocycles. The SMILES string of the molecule is Cc1ccc(C(=O)N=c2sccn2Cc2ccccc2F)cn1. The van der Waals surface area contributed by atoms with Crippen LogP contribution in [0.4, 0.5) is 4.39 Å². The predicted molar refractivity (Wildman–Crippen MR) is 86.7 cm³/mol. The third-order valence-electron chi connectivity index (χ3n) is 3.31. The normalized spacial score (nSPS) is 11.7.